The molecule has 0 aromatic heterocycles. The molecule has 0 spiro atoms. The second kappa shape index (κ2) is 6.32. The molecule has 2 N–H and O–H groups in total. The fourth-order valence-electron chi connectivity index (χ4n) is 2.05. The summed E-state index contributed by atoms with van der Waals surface area (Å²) < 4.78 is 43.5. The van der Waals surface area contributed by atoms with E-state index >= 15 is 0 Å². The number of ether oxygens (including phenoxy) is 1. The van der Waals surface area contributed by atoms with E-state index in [1.807, 2.05) is 0 Å². The van der Waals surface area contributed by atoms with E-state index in [0.29, 0.717) is 0 Å². The maximum atomic E-state index is 13.7. The SMILES string of the molecule is CC(C)(C)OC(=O)N[C@H]1CS(=O)(=O)c2cc(F)c(Br)cc2NC1=O. The fraction of sp³-hybridized carbons (Fsp3) is 0.429. The van der Waals surface area contributed by atoms with E-state index in [1.54, 1.807) is 20.8 Å². The van der Waals surface area contributed by atoms with Crippen molar-refractivity contribution < 1.29 is 27.1 Å². The van der Waals surface area contributed by atoms with Crippen LogP contribution in [0, 0.1) is 5.82 Å². The number of anilines is 1. The van der Waals surface area contributed by atoms with E-state index in [9.17, 15) is 22.4 Å². The van der Waals surface area contributed by atoms with Gasteiger partial charge in [-0.05, 0) is 48.8 Å². The lowest BCUT2D eigenvalue weighted by molar-refractivity contribution is -0.117. The number of benzene rings is 1. The summed E-state index contributed by atoms with van der Waals surface area (Å²) in [5, 5.41) is 4.61. The van der Waals surface area contributed by atoms with Gasteiger partial charge in [0.05, 0.1) is 20.8 Å². The van der Waals surface area contributed by atoms with Crippen LogP contribution >= 0.6 is 15.9 Å². The highest BCUT2D eigenvalue weighted by Crippen LogP contribution is 2.31. The minimum Gasteiger partial charge on any atom is -0.444 e. The van der Waals surface area contributed by atoms with Gasteiger partial charge in [0.2, 0.25) is 5.91 Å². The summed E-state index contributed by atoms with van der Waals surface area (Å²) in [7, 11) is -4.00. The molecule has 0 saturated carbocycles. The van der Waals surface area contributed by atoms with Gasteiger partial charge in [-0.15, -0.1) is 0 Å². The van der Waals surface area contributed by atoms with Crippen LogP contribution in [-0.4, -0.2) is 37.8 Å². The van der Waals surface area contributed by atoms with Gasteiger partial charge < -0.3 is 15.4 Å². The smallest absolute Gasteiger partial charge is 0.408 e. The second-order valence-corrected chi connectivity index (χ2v) is 9.09. The second-order valence-electron chi connectivity index (χ2n) is 6.23. The monoisotopic (exact) mass is 422 g/mol. The van der Waals surface area contributed by atoms with Crippen molar-refractivity contribution >= 4 is 43.5 Å². The van der Waals surface area contributed by atoms with Gasteiger partial charge in [0.1, 0.15) is 17.5 Å². The molecule has 1 aromatic carbocycles. The first-order valence-electron chi connectivity index (χ1n) is 6.91. The molecule has 1 aromatic rings. The molecule has 1 heterocycles. The summed E-state index contributed by atoms with van der Waals surface area (Å²) in [5.41, 5.74) is -0.858. The molecule has 1 aliphatic heterocycles. The van der Waals surface area contributed by atoms with Gasteiger partial charge in [0.25, 0.3) is 0 Å². The molecule has 2 rings (SSSR count). The van der Waals surface area contributed by atoms with E-state index in [0.717, 1.165) is 12.1 Å². The number of carbonyl (C=O) groups excluding carboxylic acids is 2. The highest BCUT2D eigenvalue weighted by molar-refractivity contribution is 9.10. The summed E-state index contributed by atoms with van der Waals surface area (Å²) in [4.78, 5) is 23.7. The summed E-state index contributed by atoms with van der Waals surface area (Å²) in [5.74, 6) is -2.21. The van der Waals surface area contributed by atoms with Gasteiger partial charge in [0, 0.05) is 0 Å². The summed E-state index contributed by atoms with van der Waals surface area (Å²) >= 11 is 2.93. The van der Waals surface area contributed by atoms with Gasteiger partial charge in [-0.1, -0.05) is 0 Å². The first-order chi connectivity index (χ1) is 10.9. The molecule has 132 valence electrons. The van der Waals surface area contributed by atoms with Gasteiger partial charge in [0.15, 0.2) is 9.84 Å². The Morgan fingerprint density at radius 2 is 2.04 bits per heavy atom. The Labute approximate surface area is 147 Å². The van der Waals surface area contributed by atoms with Crippen molar-refractivity contribution in [1.29, 1.82) is 0 Å². The van der Waals surface area contributed by atoms with Crippen molar-refractivity contribution in [3.8, 4) is 0 Å². The highest BCUT2D eigenvalue weighted by Gasteiger charge is 2.35. The number of hydrogen-bond donors (Lipinski definition) is 2. The van der Waals surface area contributed by atoms with E-state index in [1.165, 1.54) is 0 Å². The van der Waals surface area contributed by atoms with Crippen molar-refractivity contribution in [2.45, 2.75) is 37.3 Å². The molecule has 0 fully saturated rings. The highest BCUT2D eigenvalue weighted by atomic mass is 79.9. The third-order valence-corrected chi connectivity index (χ3v) is 5.40. The molecule has 1 atom stereocenters. The van der Waals surface area contributed by atoms with Crippen LogP contribution < -0.4 is 10.6 Å². The van der Waals surface area contributed by atoms with E-state index in [2.05, 4.69) is 26.6 Å². The Hall–Kier alpha value is -1.68. The van der Waals surface area contributed by atoms with Gasteiger partial charge in [-0.3, -0.25) is 4.79 Å². The maximum Gasteiger partial charge on any atom is 0.408 e. The van der Waals surface area contributed by atoms with E-state index in [-0.39, 0.29) is 15.1 Å². The molecular formula is C14H16BrFN2O5S. The first-order valence-corrected chi connectivity index (χ1v) is 9.36. The van der Waals surface area contributed by atoms with Crippen LogP contribution in [-0.2, 0) is 19.4 Å². The first kappa shape index (κ1) is 18.7. The number of alkyl carbamates (subject to hydrolysis) is 1. The summed E-state index contributed by atoms with van der Waals surface area (Å²) in [6.45, 7) is 4.89. The number of fused-ring (bicyclic) bond motifs is 1. The molecule has 0 radical (unpaired) electrons. The average molecular weight is 423 g/mol. The fourth-order valence-corrected chi connectivity index (χ4v) is 3.97. The normalized spacial score (nSPS) is 19.7. The predicted molar refractivity (Wildman–Crippen MR) is 87.9 cm³/mol. The summed E-state index contributed by atoms with van der Waals surface area (Å²) in [6, 6.07) is 0.625. The number of halogens is 2. The number of rotatable bonds is 1. The Bertz CT molecular complexity index is 804. The van der Waals surface area contributed by atoms with Crippen molar-refractivity contribution in [3.05, 3.63) is 22.4 Å². The van der Waals surface area contributed by atoms with Crippen LogP contribution in [0.2, 0.25) is 0 Å². The minimum atomic E-state index is -4.00. The molecule has 1 aliphatic rings. The van der Waals surface area contributed by atoms with Crippen molar-refractivity contribution in [3.63, 3.8) is 0 Å². The largest absolute Gasteiger partial charge is 0.444 e. The van der Waals surface area contributed by atoms with Crippen molar-refractivity contribution in [2.24, 2.45) is 0 Å². The molecule has 0 unspecified atom stereocenters. The standard InChI is InChI=1S/C14H16BrFN2O5S/c1-14(2,3)23-13(20)18-10-6-24(21,22)11-5-8(16)7(15)4-9(11)17-12(10)19/h4-5,10H,6H2,1-3H3,(H,17,19)(H,18,20)/t10-/m0/s1. The third-order valence-electron chi connectivity index (χ3n) is 3.01. The average Bonchev–Trinajstić information content (AvgIpc) is 2.46. The van der Waals surface area contributed by atoms with Crippen LogP contribution in [0.3, 0.4) is 0 Å². The van der Waals surface area contributed by atoms with Crippen LogP contribution in [0.25, 0.3) is 0 Å². The van der Waals surface area contributed by atoms with Gasteiger partial charge >= 0.3 is 6.09 Å². The number of hydrogen-bond acceptors (Lipinski definition) is 5. The van der Waals surface area contributed by atoms with E-state index < -0.39 is 45.1 Å². The molecule has 2 amide bonds. The molecule has 7 nitrogen and oxygen atoms in total. The summed E-state index contributed by atoms with van der Waals surface area (Å²) in [6.07, 6.45) is -0.920. The quantitative estimate of drug-likeness (QED) is 0.722. The lowest BCUT2D eigenvalue weighted by Gasteiger charge is -2.22. The third kappa shape index (κ3) is 4.23. The van der Waals surface area contributed by atoms with Crippen molar-refractivity contribution in [2.75, 3.05) is 11.1 Å². The van der Waals surface area contributed by atoms with Gasteiger partial charge in [-0.25, -0.2) is 17.6 Å². The Morgan fingerprint density at radius 3 is 2.62 bits per heavy atom. The minimum absolute atomic E-state index is 0.00954. The molecule has 0 aliphatic carbocycles. The van der Waals surface area contributed by atoms with E-state index in [4.69, 9.17) is 4.74 Å². The van der Waals surface area contributed by atoms with Gasteiger partial charge in [-0.2, -0.15) is 0 Å². The zero-order valence-corrected chi connectivity index (χ0v) is 15.5. The molecule has 0 saturated heterocycles. The zero-order valence-electron chi connectivity index (χ0n) is 13.1. The van der Waals surface area contributed by atoms with Crippen molar-refractivity contribution in [1.82, 2.24) is 5.32 Å². The molecule has 0 bridgehead atoms. The predicted octanol–water partition coefficient (Wildman–Crippen LogP) is 2.21. The Kier molecular flexibility index (Phi) is 4.91. The van der Waals surface area contributed by atoms with Crippen LogP contribution in [0.4, 0.5) is 14.9 Å². The molecular weight excluding hydrogens is 407 g/mol. The number of amides is 2. The van der Waals surface area contributed by atoms with Crippen LogP contribution in [0.15, 0.2) is 21.5 Å². The topological polar surface area (TPSA) is 102 Å². The maximum absolute atomic E-state index is 13.7. The molecule has 24 heavy (non-hydrogen) atoms. The molecule has 10 heteroatoms. The number of sulfone groups is 1. The Morgan fingerprint density at radius 1 is 1.42 bits per heavy atom. The zero-order chi connectivity index (χ0) is 18.3. The van der Waals surface area contributed by atoms with Crippen LogP contribution in [0.1, 0.15) is 20.8 Å². The lowest BCUT2D eigenvalue weighted by atomic mass is 10.2. The number of nitrogens with one attached hydrogen (secondary N) is 2. The number of carbonyl (C=O) groups is 2. The van der Waals surface area contributed by atoms with Crippen LogP contribution in [0.5, 0.6) is 0 Å². The Balaban J connectivity index is 2.32. The lowest BCUT2D eigenvalue weighted by Crippen LogP contribution is -2.48.